The third kappa shape index (κ3) is 2.77. The highest BCUT2D eigenvalue weighted by Crippen LogP contribution is 2.32. The lowest BCUT2D eigenvalue weighted by Crippen LogP contribution is -2.33. The van der Waals surface area contributed by atoms with E-state index in [1.54, 1.807) is 11.2 Å². The van der Waals surface area contributed by atoms with Crippen LogP contribution in [0.5, 0.6) is 0 Å². The van der Waals surface area contributed by atoms with E-state index in [9.17, 15) is 15.3 Å². The fraction of sp³-hybridized carbons (Fsp3) is 0.538. The largest absolute Gasteiger partial charge is 0.394 e. The summed E-state index contributed by atoms with van der Waals surface area (Å²) in [5.74, 6) is 0.384. The zero-order chi connectivity index (χ0) is 16.6. The Morgan fingerprint density at radius 2 is 2.09 bits per heavy atom. The zero-order valence-electron chi connectivity index (χ0n) is 12.7. The van der Waals surface area contributed by atoms with Crippen LogP contribution in [0.4, 0.5) is 5.82 Å². The van der Waals surface area contributed by atoms with Crippen LogP contribution in [0.25, 0.3) is 11.2 Å². The van der Waals surface area contributed by atoms with Gasteiger partial charge >= 0.3 is 0 Å². The van der Waals surface area contributed by atoms with Gasteiger partial charge in [0.1, 0.15) is 24.6 Å². The molecule has 2 aromatic rings. The summed E-state index contributed by atoms with van der Waals surface area (Å²) in [4.78, 5) is 18.4. The van der Waals surface area contributed by atoms with Crippen molar-refractivity contribution in [1.29, 1.82) is 0 Å². The molecule has 0 amide bonds. The average Bonchev–Trinajstić information content (AvgIpc) is 3.08. The van der Waals surface area contributed by atoms with Crippen molar-refractivity contribution in [2.45, 2.75) is 24.5 Å². The molecule has 0 aliphatic carbocycles. The number of fused-ring (bicyclic) bond motifs is 1. The highest BCUT2D eigenvalue weighted by atomic mass is 16.6. The molecule has 0 aromatic carbocycles. The molecule has 1 fully saturated rings. The van der Waals surface area contributed by atoms with E-state index >= 15 is 0 Å². The Kier molecular flexibility index (Phi) is 4.22. The molecule has 1 aliphatic rings. The van der Waals surface area contributed by atoms with Crippen LogP contribution in [0.15, 0.2) is 17.6 Å². The van der Waals surface area contributed by atoms with Crippen molar-refractivity contribution in [3.05, 3.63) is 12.7 Å². The number of imidazole rings is 1. The molecule has 4 atom stereocenters. The van der Waals surface area contributed by atoms with Crippen LogP contribution in [0.2, 0.25) is 0 Å². The lowest BCUT2D eigenvalue weighted by Gasteiger charge is -2.16. The maximum Gasteiger partial charge on any atom is 0.184 e. The summed E-state index contributed by atoms with van der Waals surface area (Å²) in [5.41, 5.74) is 0.865. The van der Waals surface area contributed by atoms with Gasteiger partial charge in [-0.3, -0.25) is 4.57 Å². The molecule has 0 bridgehead atoms. The number of aliphatic hydroxyl groups is 3. The summed E-state index contributed by atoms with van der Waals surface area (Å²) in [6.07, 6.45) is 0.225. The van der Waals surface area contributed by atoms with Crippen molar-refractivity contribution in [2.75, 3.05) is 20.7 Å². The van der Waals surface area contributed by atoms with Gasteiger partial charge in [-0.1, -0.05) is 0 Å². The number of aliphatic hydroxyl groups excluding tert-OH is 3. The first-order valence-corrected chi connectivity index (χ1v) is 7.03. The zero-order valence-corrected chi connectivity index (χ0v) is 12.7. The van der Waals surface area contributed by atoms with Crippen LogP contribution in [0.3, 0.4) is 0 Å². The fourth-order valence-corrected chi connectivity index (χ4v) is 2.40. The summed E-state index contributed by atoms with van der Waals surface area (Å²) in [5, 5.41) is 29.2. The SMILES string of the molecule is CN(C)C=Nc1ncnc2c1ncn2[C@@H]1O[C@@H](CO)[C@@H](O)[C@@H]1O. The Morgan fingerprint density at radius 1 is 1.30 bits per heavy atom. The molecule has 3 N–H and O–H groups in total. The van der Waals surface area contributed by atoms with E-state index in [0.29, 0.717) is 17.0 Å². The van der Waals surface area contributed by atoms with Crippen molar-refractivity contribution >= 4 is 23.3 Å². The van der Waals surface area contributed by atoms with Gasteiger partial charge < -0.3 is 25.0 Å². The van der Waals surface area contributed by atoms with Crippen molar-refractivity contribution in [3.8, 4) is 0 Å². The minimum absolute atomic E-state index is 0.384. The number of rotatable bonds is 4. The molecule has 0 radical (unpaired) electrons. The Bertz CT molecular complexity index is 718. The van der Waals surface area contributed by atoms with E-state index < -0.39 is 31.1 Å². The minimum atomic E-state index is -1.20. The Balaban J connectivity index is 1.99. The highest BCUT2D eigenvalue weighted by molar-refractivity contribution is 5.82. The van der Waals surface area contributed by atoms with E-state index in [-0.39, 0.29) is 0 Å². The van der Waals surface area contributed by atoms with E-state index in [0.717, 1.165) is 0 Å². The molecule has 0 saturated carbocycles. The second-order valence-electron chi connectivity index (χ2n) is 5.46. The molecule has 0 unspecified atom stereocenters. The molecule has 10 heteroatoms. The molecule has 0 spiro atoms. The Hall–Kier alpha value is -2.14. The van der Waals surface area contributed by atoms with Gasteiger partial charge in [-0.05, 0) is 0 Å². The summed E-state index contributed by atoms with van der Waals surface area (Å²) >= 11 is 0. The van der Waals surface area contributed by atoms with E-state index in [1.165, 1.54) is 17.2 Å². The number of hydrogen-bond acceptors (Lipinski definition) is 8. The predicted octanol–water partition coefficient (Wildman–Crippen LogP) is -1.34. The summed E-state index contributed by atoms with van der Waals surface area (Å²) in [6.45, 7) is -0.394. The number of aromatic nitrogens is 4. The average molecular weight is 322 g/mol. The molecular weight excluding hydrogens is 304 g/mol. The van der Waals surface area contributed by atoms with Gasteiger partial charge in [0.25, 0.3) is 0 Å². The second kappa shape index (κ2) is 6.16. The van der Waals surface area contributed by atoms with Crippen molar-refractivity contribution in [1.82, 2.24) is 24.4 Å². The standard InChI is InChI=1S/C13H18N6O4/c1-18(2)5-17-11-8-12(15-4-14-11)19(6-16-8)13-10(22)9(21)7(3-20)23-13/h4-7,9-10,13,20-22H,3H2,1-2H3/t7-,9+,10-,13+/m0/s1. The van der Waals surface area contributed by atoms with Crippen LogP contribution < -0.4 is 0 Å². The van der Waals surface area contributed by atoms with Crippen molar-refractivity contribution in [2.24, 2.45) is 4.99 Å². The molecule has 124 valence electrons. The molecule has 10 nitrogen and oxygen atoms in total. The molecule has 1 aliphatic heterocycles. The van der Waals surface area contributed by atoms with Gasteiger partial charge in [0.2, 0.25) is 0 Å². The molecule has 1 saturated heterocycles. The van der Waals surface area contributed by atoms with Crippen molar-refractivity contribution in [3.63, 3.8) is 0 Å². The number of hydrogen-bond donors (Lipinski definition) is 3. The lowest BCUT2D eigenvalue weighted by molar-refractivity contribution is -0.0511. The van der Waals surface area contributed by atoms with Crippen LogP contribution in [0.1, 0.15) is 6.23 Å². The number of aliphatic imine (C=N–C) groups is 1. The number of nitrogens with zero attached hydrogens (tertiary/aromatic N) is 6. The first-order chi connectivity index (χ1) is 11.0. The molecule has 2 aromatic heterocycles. The quantitative estimate of drug-likeness (QED) is 0.466. The van der Waals surface area contributed by atoms with Crippen LogP contribution in [-0.2, 0) is 4.74 Å². The lowest BCUT2D eigenvalue weighted by atomic mass is 10.1. The van der Waals surface area contributed by atoms with Gasteiger partial charge in [-0.25, -0.2) is 19.9 Å². The van der Waals surface area contributed by atoms with Crippen LogP contribution >= 0.6 is 0 Å². The maximum absolute atomic E-state index is 10.1. The minimum Gasteiger partial charge on any atom is -0.394 e. The first kappa shape index (κ1) is 15.7. The fourth-order valence-electron chi connectivity index (χ4n) is 2.40. The van der Waals surface area contributed by atoms with Gasteiger partial charge in [0, 0.05) is 14.1 Å². The second-order valence-corrected chi connectivity index (χ2v) is 5.46. The maximum atomic E-state index is 10.1. The van der Waals surface area contributed by atoms with Crippen LogP contribution in [0, 0.1) is 0 Å². The summed E-state index contributed by atoms with van der Waals surface area (Å²) < 4.78 is 6.99. The topological polar surface area (TPSA) is 129 Å². The monoisotopic (exact) mass is 322 g/mol. The normalized spacial score (nSPS) is 28.0. The molecular formula is C13H18N6O4. The first-order valence-electron chi connectivity index (χ1n) is 7.03. The Labute approximate surface area is 131 Å². The highest BCUT2D eigenvalue weighted by Gasteiger charge is 2.43. The Morgan fingerprint density at radius 3 is 2.74 bits per heavy atom. The van der Waals surface area contributed by atoms with E-state index in [4.69, 9.17) is 4.74 Å². The predicted molar refractivity (Wildman–Crippen MR) is 80.2 cm³/mol. The van der Waals surface area contributed by atoms with E-state index in [2.05, 4.69) is 19.9 Å². The van der Waals surface area contributed by atoms with Gasteiger partial charge in [-0.2, -0.15) is 0 Å². The smallest absolute Gasteiger partial charge is 0.184 e. The summed E-state index contributed by atoms with van der Waals surface area (Å²) in [7, 11) is 3.67. The van der Waals surface area contributed by atoms with Gasteiger partial charge in [0.05, 0.1) is 19.3 Å². The summed E-state index contributed by atoms with van der Waals surface area (Å²) in [6, 6.07) is 0. The third-order valence-electron chi connectivity index (χ3n) is 3.54. The molecule has 23 heavy (non-hydrogen) atoms. The van der Waals surface area contributed by atoms with Crippen molar-refractivity contribution < 1.29 is 20.1 Å². The molecule has 3 heterocycles. The van der Waals surface area contributed by atoms with E-state index in [1.807, 2.05) is 14.1 Å². The molecule has 3 rings (SSSR count). The van der Waals surface area contributed by atoms with Gasteiger partial charge in [0.15, 0.2) is 23.2 Å². The van der Waals surface area contributed by atoms with Crippen LogP contribution in [-0.4, -0.2) is 85.1 Å². The van der Waals surface area contributed by atoms with Gasteiger partial charge in [-0.15, -0.1) is 0 Å². The third-order valence-corrected chi connectivity index (χ3v) is 3.54. The number of ether oxygens (including phenoxy) is 1.